The van der Waals surface area contributed by atoms with Gasteiger partial charge in [0.15, 0.2) is 0 Å². The van der Waals surface area contributed by atoms with Crippen molar-refractivity contribution in [2.75, 3.05) is 0 Å². The molecule has 11 rings (SSSR count). The predicted octanol–water partition coefficient (Wildman–Crippen LogP) is 14.9. The lowest BCUT2D eigenvalue weighted by atomic mass is 9.84. The van der Waals surface area contributed by atoms with Crippen LogP contribution < -0.4 is 0 Å². The Morgan fingerprint density at radius 2 is 0.736 bits per heavy atom. The molecule has 1 nitrogen and oxygen atoms in total. The van der Waals surface area contributed by atoms with Gasteiger partial charge in [0.25, 0.3) is 0 Å². The van der Waals surface area contributed by atoms with Crippen LogP contribution in [0.5, 0.6) is 0 Å². The lowest BCUT2D eigenvalue weighted by Crippen LogP contribution is -1.91. The topological polar surface area (TPSA) is 13.1 Å². The van der Waals surface area contributed by atoms with Crippen LogP contribution in [0.25, 0.3) is 110 Å². The summed E-state index contributed by atoms with van der Waals surface area (Å²) < 4.78 is 93.0. The highest BCUT2D eigenvalue weighted by molar-refractivity contribution is 6.26. The summed E-state index contributed by atoms with van der Waals surface area (Å²) in [6, 6.07) is 39.9. The Morgan fingerprint density at radius 1 is 0.321 bits per heavy atom. The van der Waals surface area contributed by atoms with Gasteiger partial charge >= 0.3 is 0 Å². The second kappa shape index (κ2) is 11.8. The van der Waals surface area contributed by atoms with E-state index >= 15 is 0 Å². The zero-order valence-corrected chi connectivity index (χ0v) is 28.1. The van der Waals surface area contributed by atoms with Gasteiger partial charge in [-0.15, -0.1) is 0 Å². The first-order valence-electron chi connectivity index (χ1n) is 22.4. The summed E-state index contributed by atoms with van der Waals surface area (Å²) in [5, 5.41) is 8.21. The number of hydrogen-bond donors (Lipinski definition) is 0. The van der Waals surface area contributed by atoms with Crippen LogP contribution in [0.2, 0.25) is 0 Å². The fourth-order valence-electron chi connectivity index (χ4n) is 8.34. The number of hydrogen-bond acceptors (Lipinski definition) is 1. The van der Waals surface area contributed by atoms with Crippen molar-refractivity contribution in [1.82, 2.24) is 0 Å². The molecule has 1 heteroatoms. The maximum absolute atomic E-state index is 8.96. The molecular formula is C52H32O. The Kier molecular flexibility index (Phi) is 4.77. The average Bonchev–Trinajstić information content (AvgIpc) is 3.69. The maximum atomic E-state index is 8.96. The van der Waals surface area contributed by atoms with Gasteiger partial charge < -0.3 is 4.42 Å². The van der Waals surface area contributed by atoms with Crippen molar-refractivity contribution in [2.24, 2.45) is 0 Å². The Bertz CT molecular complexity index is 3640. The molecule has 0 atom stereocenters. The smallest absolute Gasteiger partial charge is 0.136 e. The largest absolute Gasteiger partial charge is 0.456 e. The lowest BCUT2D eigenvalue weighted by Gasteiger charge is -2.18. The number of rotatable bonds is 4. The molecule has 0 unspecified atom stereocenters. The molecule has 0 aliphatic carbocycles. The van der Waals surface area contributed by atoms with Crippen LogP contribution in [0, 0.1) is 0 Å². The summed E-state index contributed by atoms with van der Waals surface area (Å²) in [6.45, 7) is 0. The fourth-order valence-corrected chi connectivity index (χ4v) is 8.34. The third-order valence-corrected chi connectivity index (χ3v) is 10.4. The third-order valence-electron chi connectivity index (χ3n) is 10.4. The Morgan fingerprint density at radius 3 is 1.19 bits per heavy atom. The molecule has 0 aliphatic heterocycles. The molecule has 0 spiro atoms. The van der Waals surface area contributed by atoms with Crippen molar-refractivity contribution in [3.8, 4) is 44.5 Å². The molecule has 53 heavy (non-hydrogen) atoms. The Balaban J connectivity index is 1.17. The van der Waals surface area contributed by atoms with E-state index in [9.17, 15) is 0 Å². The molecule has 1 heterocycles. The second-order valence-corrected chi connectivity index (χ2v) is 13.2. The summed E-state index contributed by atoms with van der Waals surface area (Å²) in [5.41, 5.74) is 6.43. The number of benzene rings is 10. The van der Waals surface area contributed by atoms with E-state index in [0.717, 1.165) is 76.1 Å². The van der Waals surface area contributed by atoms with Crippen LogP contribution >= 0.6 is 0 Å². The highest BCUT2D eigenvalue weighted by Crippen LogP contribution is 2.48. The van der Waals surface area contributed by atoms with Gasteiger partial charge in [-0.05, 0) is 106 Å². The molecule has 10 aromatic carbocycles. The molecule has 0 fully saturated rings. The van der Waals surface area contributed by atoms with Gasteiger partial charge in [0.1, 0.15) is 11.2 Å². The van der Waals surface area contributed by atoms with E-state index in [1.807, 2.05) is 115 Å². The molecule has 1 aromatic heterocycles. The SMILES string of the molecule is [2H]c1c([2H])c([2H])c(-c2c3ccccc3c(-c3ccc4c(c3)oc3cccc(-c5c6ccccc6c(-c6c([2H])c([2H])c([2H])c([2H])c6[2H])c6ccccc56)c34)c3ccccc23)c([2H])c1[2H]. The second-order valence-electron chi connectivity index (χ2n) is 13.2. The van der Waals surface area contributed by atoms with Gasteiger partial charge in [-0.25, -0.2) is 0 Å². The minimum atomic E-state index is -0.438. The first-order valence-corrected chi connectivity index (χ1v) is 17.4. The molecule has 0 saturated carbocycles. The van der Waals surface area contributed by atoms with E-state index in [0.29, 0.717) is 22.3 Å². The van der Waals surface area contributed by atoms with Gasteiger partial charge in [-0.3, -0.25) is 0 Å². The number of fused-ring (bicyclic) bond motifs is 7. The standard InChI is InChI=1S/C52H32O/c1-3-16-33(17-4-1)48-36-20-7-9-22-38(36)50(39-23-10-8-21-37(39)48)35-30-31-44-47(32-35)53-46-29-15-28-45(52(44)46)51-42-26-13-11-24-40(42)49(34-18-5-2-6-19-34)41-25-12-14-27-43(41)51/h1-32H/i1D,2D,3D,4D,5D,6D,16D,17D,18D,19D. The molecule has 0 aliphatic rings. The highest BCUT2D eigenvalue weighted by Gasteiger charge is 2.22. The van der Waals surface area contributed by atoms with Crippen molar-refractivity contribution in [3.63, 3.8) is 0 Å². The van der Waals surface area contributed by atoms with Gasteiger partial charge in [0.05, 0.1) is 13.7 Å². The third kappa shape index (κ3) is 4.51. The van der Waals surface area contributed by atoms with Gasteiger partial charge in [0, 0.05) is 10.8 Å². The Hall–Kier alpha value is -6.96. The van der Waals surface area contributed by atoms with E-state index in [2.05, 4.69) is 18.2 Å². The van der Waals surface area contributed by atoms with E-state index in [1.54, 1.807) is 0 Å². The fraction of sp³-hybridized carbons (Fsp3) is 0. The van der Waals surface area contributed by atoms with Crippen LogP contribution in [0.3, 0.4) is 0 Å². The van der Waals surface area contributed by atoms with Crippen molar-refractivity contribution in [1.29, 1.82) is 0 Å². The summed E-state index contributed by atoms with van der Waals surface area (Å²) in [4.78, 5) is 0. The molecular weight excluding hydrogens is 641 g/mol. The van der Waals surface area contributed by atoms with Gasteiger partial charge in [-0.2, -0.15) is 0 Å². The maximum Gasteiger partial charge on any atom is 0.136 e. The van der Waals surface area contributed by atoms with E-state index < -0.39 is 12.1 Å². The molecule has 0 radical (unpaired) electrons. The zero-order valence-electron chi connectivity index (χ0n) is 38.1. The van der Waals surface area contributed by atoms with Crippen LogP contribution in [0.1, 0.15) is 13.7 Å². The summed E-state index contributed by atoms with van der Waals surface area (Å²) in [7, 11) is 0. The molecule has 0 saturated heterocycles. The minimum Gasteiger partial charge on any atom is -0.456 e. The van der Waals surface area contributed by atoms with Crippen LogP contribution in [-0.2, 0) is 0 Å². The highest BCUT2D eigenvalue weighted by atomic mass is 16.3. The van der Waals surface area contributed by atoms with E-state index in [1.165, 1.54) is 0 Å². The quantitative estimate of drug-likeness (QED) is 0.168. The zero-order chi connectivity index (χ0) is 43.6. The molecule has 0 bridgehead atoms. The molecule has 246 valence electrons. The van der Waals surface area contributed by atoms with E-state index in [-0.39, 0.29) is 59.5 Å². The van der Waals surface area contributed by atoms with Crippen molar-refractivity contribution in [2.45, 2.75) is 0 Å². The average molecular weight is 683 g/mol. The molecule has 0 N–H and O–H groups in total. The van der Waals surface area contributed by atoms with Crippen molar-refractivity contribution < 1.29 is 18.1 Å². The summed E-state index contributed by atoms with van der Waals surface area (Å²) in [6.07, 6.45) is 0. The normalized spacial score (nSPS) is 14.4. The Labute approximate surface area is 321 Å². The monoisotopic (exact) mass is 682 g/mol. The van der Waals surface area contributed by atoms with Gasteiger partial charge in [-0.1, -0.05) is 176 Å². The first kappa shape index (κ1) is 21.4. The van der Waals surface area contributed by atoms with Crippen molar-refractivity contribution >= 4 is 65.0 Å². The van der Waals surface area contributed by atoms with E-state index in [4.69, 9.17) is 18.1 Å². The minimum absolute atomic E-state index is 0.154. The predicted molar refractivity (Wildman–Crippen MR) is 225 cm³/mol. The van der Waals surface area contributed by atoms with Crippen molar-refractivity contribution in [3.05, 3.63) is 194 Å². The molecule has 11 aromatic rings. The van der Waals surface area contributed by atoms with Gasteiger partial charge in [0.2, 0.25) is 0 Å². The first-order chi connectivity index (χ1) is 30.5. The number of furan rings is 1. The van der Waals surface area contributed by atoms with Crippen LogP contribution in [0.15, 0.2) is 198 Å². The molecule has 0 amide bonds. The summed E-state index contributed by atoms with van der Waals surface area (Å²) >= 11 is 0. The van der Waals surface area contributed by atoms with Crippen LogP contribution in [-0.4, -0.2) is 0 Å². The summed E-state index contributed by atoms with van der Waals surface area (Å²) in [5.74, 6) is 0. The lowest BCUT2D eigenvalue weighted by molar-refractivity contribution is 0.669. The van der Waals surface area contributed by atoms with Crippen LogP contribution in [0.4, 0.5) is 0 Å².